The Kier molecular flexibility index (Phi) is 7.28. The number of methoxy groups -OCH3 is 2. The number of guanidine groups is 1. The zero-order valence-corrected chi connectivity index (χ0v) is 18.9. The van der Waals surface area contributed by atoms with E-state index in [0.29, 0.717) is 29.6 Å². The maximum Gasteiger partial charge on any atom is 0.191 e. The van der Waals surface area contributed by atoms with Crippen molar-refractivity contribution >= 4 is 5.96 Å². The molecule has 2 aromatic carbocycles. The van der Waals surface area contributed by atoms with Gasteiger partial charge in [0.2, 0.25) is 0 Å². The Morgan fingerprint density at radius 1 is 1.19 bits per heavy atom. The second-order valence-electron chi connectivity index (χ2n) is 8.18. The number of benzene rings is 2. The fraction of sp³-hybridized carbons (Fsp3) is 0.458. The molecule has 168 valence electrons. The van der Waals surface area contributed by atoms with Crippen LogP contribution in [0, 0.1) is 0 Å². The van der Waals surface area contributed by atoms with Gasteiger partial charge in [-0.25, -0.2) is 0 Å². The van der Waals surface area contributed by atoms with Crippen LogP contribution in [0.2, 0.25) is 0 Å². The number of nitrogens with zero attached hydrogens (tertiary/aromatic N) is 1. The van der Waals surface area contributed by atoms with E-state index in [1.165, 1.54) is 0 Å². The SMILES string of the molecule is CCNC(=NCC(O)c1cc(OC)cc(OC)c1)NC1CC(C)(C)Oc2ccccc21. The van der Waals surface area contributed by atoms with E-state index in [0.717, 1.165) is 17.7 Å². The van der Waals surface area contributed by atoms with Crippen molar-refractivity contribution in [2.75, 3.05) is 27.3 Å². The van der Waals surface area contributed by atoms with Crippen LogP contribution in [0.25, 0.3) is 0 Å². The third kappa shape index (κ3) is 5.82. The number of aliphatic hydroxyl groups is 1. The maximum atomic E-state index is 10.7. The molecular weight excluding hydrogens is 394 g/mol. The van der Waals surface area contributed by atoms with Crippen LogP contribution >= 0.6 is 0 Å². The number of fused-ring (bicyclic) bond motifs is 1. The zero-order chi connectivity index (χ0) is 22.4. The number of para-hydroxylation sites is 1. The standard InChI is InChI=1S/C24H33N3O4/c1-6-25-23(26-15-21(28)16-11-17(29-4)13-18(12-16)30-5)27-20-14-24(2,3)31-22-10-8-7-9-19(20)22/h7-13,20-21,28H,6,14-15H2,1-5H3,(H2,25,26,27). The number of aliphatic hydroxyl groups excluding tert-OH is 1. The molecule has 0 saturated carbocycles. The van der Waals surface area contributed by atoms with Crippen molar-refractivity contribution in [1.82, 2.24) is 10.6 Å². The van der Waals surface area contributed by atoms with E-state index in [-0.39, 0.29) is 18.2 Å². The van der Waals surface area contributed by atoms with Gasteiger partial charge in [0.1, 0.15) is 22.8 Å². The van der Waals surface area contributed by atoms with Crippen molar-refractivity contribution in [2.45, 2.75) is 44.9 Å². The molecule has 0 amide bonds. The molecule has 0 bridgehead atoms. The monoisotopic (exact) mass is 427 g/mol. The molecule has 7 heteroatoms. The fourth-order valence-corrected chi connectivity index (χ4v) is 3.72. The Bertz CT molecular complexity index is 891. The molecular formula is C24H33N3O4. The lowest BCUT2D eigenvalue weighted by atomic mass is 9.90. The first-order chi connectivity index (χ1) is 14.8. The third-order valence-corrected chi connectivity index (χ3v) is 5.21. The van der Waals surface area contributed by atoms with Crippen LogP contribution in [-0.4, -0.2) is 44.0 Å². The molecule has 0 saturated heterocycles. The van der Waals surface area contributed by atoms with E-state index in [4.69, 9.17) is 14.2 Å². The van der Waals surface area contributed by atoms with Gasteiger partial charge in [-0.2, -0.15) is 0 Å². The normalized spacial score (nSPS) is 18.4. The average Bonchev–Trinajstić information content (AvgIpc) is 2.76. The molecule has 2 unspecified atom stereocenters. The molecule has 0 aromatic heterocycles. The zero-order valence-electron chi connectivity index (χ0n) is 18.9. The van der Waals surface area contributed by atoms with Gasteiger partial charge in [0.15, 0.2) is 5.96 Å². The predicted octanol–water partition coefficient (Wildman–Crippen LogP) is 3.59. The summed E-state index contributed by atoms with van der Waals surface area (Å²) in [5.74, 6) is 2.79. The lowest BCUT2D eigenvalue weighted by molar-refractivity contribution is 0.0693. The number of hydrogen-bond donors (Lipinski definition) is 3. The van der Waals surface area contributed by atoms with Gasteiger partial charge in [0.05, 0.1) is 32.9 Å². The quantitative estimate of drug-likeness (QED) is 0.463. The summed E-state index contributed by atoms with van der Waals surface area (Å²) in [7, 11) is 3.17. The van der Waals surface area contributed by atoms with Crippen molar-refractivity contribution in [3.05, 3.63) is 53.6 Å². The Morgan fingerprint density at radius 2 is 1.87 bits per heavy atom. The molecule has 0 aliphatic carbocycles. The minimum absolute atomic E-state index is 0.0480. The predicted molar refractivity (Wildman–Crippen MR) is 122 cm³/mol. The summed E-state index contributed by atoms with van der Waals surface area (Å²) in [6.45, 7) is 7.09. The van der Waals surface area contributed by atoms with Crippen LogP contribution in [0.15, 0.2) is 47.5 Å². The van der Waals surface area contributed by atoms with Crippen molar-refractivity contribution < 1.29 is 19.3 Å². The van der Waals surface area contributed by atoms with E-state index in [9.17, 15) is 5.11 Å². The van der Waals surface area contributed by atoms with Gasteiger partial charge in [-0.3, -0.25) is 4.99 Å². The van der Waals surface area contributed by atoms with Crippen LogP contribution in [0.5, 0.6) is 17.2 Å². The Balaban J connectivity index is 1.78. The largest absolute Gasteiger partial charge is 0.497 e. The van der Waals surface area contributed by atoms with Crippen molar-refractivity contribution in [2.24, 2.45) is 4.99 Å². The van der Waals surface area contributed by atoms with Gasteiger partial charge >= 0.3 is 0 Å². The summed E-state index contributed by atoms with van der Waals surface area (Å²) in [6.07, 6.45) is 0.00206. The number of hydrogen-bond acceptors (Lipinski definition) is 5. The van der Waals surface area contributed by atoms with Crippen molar-refractivity contribution in [3.63, 3.8) is 0 Å². The highest BCUT2D eigenvalue weighted by molar-refractivity contribution is 5.80. The Morgan fingerprint density at radius 3 is 2.52 bits per heavy atom. The summed E-state index contributed by atoms with van der Waals surface area (Å²) in [4.78, 5) is 4.64. The number of nitrogens with one attached hydrogen (secondary N) is 2. The van der Waals surface area contributed by atoms with E-state index in [2.05, 4.69) is 35.5 Å². The molecule has 2 aromatic rings. The van der Waals surface area contributed by atoms with Gasteiger partial charge < -0.3 is 30.0 Å². The Labute approximate surface area is 184 Å². The van der Waals surface area contributed by atoms with E-state index < -0.39 is 6.10 Å². The van der Waals surface area contributed by atoms with Crippen LogP contribution in [0.1, 0.15) is 50.5 Å². The molecule has 0 fully saturated rings. The van der Waals surface area contributed by atoms with Gasteiger partial charge in [-0.15, -0.1) is 0 Å². The van der Waals surface area contributed by atoms with E-state index in [1.54, 1.807) is 32.4 Å². The summed E-state index contributed by atoms with van der Waals surface area (Å²) in [5.41, 5.74) is 1.50. The van der Waals surface area contributed by atoms with E-state index in [1.807, 2.05) is 25.1 Å². The fourth-order valence-electron chi connectivity index (χ4n) is 3.72. The molecule has 3 N–H and O–H groups in total. The maximum absolute atomic E-state index is 10.7. The lowest BCUT2D eigenvalue weighted by Gasteiger charge is -2.38. The molecule has 1 aliphatic rings. The van der Waals surface area contributed by atoms with Gasteiger partial charge in [0.25, 0.3) is 0 Å². The molecule has 1 aliphatic heterocycles. The van der Waals surface area contributed by atoms with Crippen LogP contribution in [0.3, 0.4) is 0 Å². The second kappa shape index (κ2) is 9.92. The minimum atomic E-state index is -0.794. The van der Waals surface area contributed by atoms with E-state index >= 15 is 0 Å². The summed E-state index contributed by atoms with van der Waals surface area (Å²) in [5, 5.41) is 17.5. The molecule has 1 heterocycles. The first kappa shape index (κ1) is 22.7. The van der Waals surface area contributed by atoms with Gasteiger partial charge in [0, 0.05) is 24.6 Å². The van der Waals surface area contributed by atoms with Crippen LogP contribution in [0.4, 0.5) is 0 Å². The molecule has 3 rings (SSSR count). The van der Waals surface area contributed by atoms with Crippen molar-refractivity contribution in [1.29, 1.82) is 0 Å². The van der Waals surface area contributed by atoms with Gasteiger partial charge in [-0.05, 0) is 44.5 Å². The number of rotatable bonds is 7. The molecule has 0 spiro atoms. The highest BCUT2D eigenvalue weighted by atomic mass is 16.5. The first-order valence-corrected chi connectivity index (χ1v) is 10.6. The van der Waals surface area contributed by atoms with Crippen LogP contribution < -0.4 is 24.8 Å². The number of aliphatic imine (C=N–C) groups is 1. The number of ether oxygens (including phenoxy) is 3. The highest BCUT2D eigenvalue weighted by Crippen LogP contribution is 2.39. The minimum Gasteiger partial charge on any atom is -0.497 e. The topological polar surface area (TPSA) is 84.3 Å². The van der Waals surface area contributed by atoms with Crippen LogP contribution in [-0.2, 0) is 0 Å². The average molecular weight is 428 g/mol. The lowest BCUT2D eigenvalue weighted by Crippen LogP contribution is -2.45. The first-order valence-electron chi connectivity index (χ1n) is 10.6. The second-order valence-corrected chi connectivity index (χ2v) is 8.18. The van der Waals surface area contributed by atoms with Crippen molar-refractivity contribution in [3.8, 4) is 17.2 Å². The highest BCUT2D eigenvalue weighted by Gasteiger charge is 2.34. The molecule has 0 radical (unpaired) electrons. The smallest absolute Gasteiger partial charge is 0.191 e. The Hall–Kier alpha value is -2.93. The summed E-state index contributed by atoms with van der Waals surface area (Å²) in [6, 6.07) is 13.5. The summed E-state index contributed by atoms with van der Waals surface area (Å²) >= 11 is 0. The molecule has 7 nitrogen and oxygen atoms in total. The molecule has 2 atom stereocenters. The third-order valence-electron chi connectivity index (χ3n) is 5.21. The molecule has 31 heavy (non-hydrogen) atoms. The summed E-state index contributed by atoms with van der Waals surface area (Å²) < 4.78 is 16.7. The van der Waals surface area contributed by atoms with Gasteiger partial charge in [-0.1, -0.05) is 18.2 Å².